The first kappa shape index (κ1) is 16.8. The molecule has 1 aliphatic heterocycles. The molecule has 2 fully saturated rings. The molecule has 0 amide bonds. The Kier molecular flexibility index (Phi) is 3.87. The summed E-state index contributed by atoms with van der Waals surface area (Å²) in [5, 5.41) is 30.4. The van der Waals surface area contributed by atoms with E-state index in [2.05, 4.69) is 6.07 Å². The summed E-state index contributed by atoms with van der Waals surface area (Å²) in [5.74, 6) is 0.196. The average Bonchev–Trinajstić information content (AvgIpc) is 2.83. The molecule has 1 atom stereocenters. The molecule has 1 unspecified atom stereocenters. The summed E-state index contributed by atoms with van der Waals surface area (Å²) in [7, 11) is 0. The maximum Gasteiger partial charge on any atom is 0.183 e. The van der Waals surface area contributed by atoms with Crippen LogP contribution in [0.15, 0.2) is 42.5 Å². The molecule has 132 valence electrons. The summed E-state index contributed by atoms with van der Waals surface area (Å²) in [6.07, 6.45) is 1.97. The van der Waals surface area contributed by atoms with Crippen LogP contribution in [0.5, 0.6) is 5.75 Å². The van der Waals surface area contributed by atoms with Crippen LogP contribution in [0.4, 0.5) is 11.4 Å². The maximum absolute atomic E-state index is 11.2. The second kappa shape index (κ2) is 5.97. The van der Waals surface area contributed by atoms with Crippen LogP contribution in [-0.4, -0.2) is 27.1 Å². The molecule has 1 aliphatic carbocycles. The predicted molar refractivity (Wildman–Crippen MR) is 104 cm³/mol. The van der Waals surface area contributed by atoms with E-state index in [0.29, 0.717) is 10.7 Å². The molecule has 2 N–H and O–H groups in total. The second-order valence-electron chi connectivity index (χ2n) is 6.95. The molecule has 5 nitrogen and oxygen atoms in total. The molecule has 2 aromatic carbocycles. The first-order valence-electron chi connectivity index (χ1n) is 8.59. The summed E-state index contributed by atoms with van der Waals surface area (Å²) >= 11 is 5.75. The van der Waals surface area contributed by atoms with Crippen LogP contribution >= 0.6 is 12.2 Å². The molecule has 1 saturated heterocycles. The van der Waals surface area contributed by atoms with Crippen LogP contribution in [0.1, 0.15) is 30.4 Å². The second-order valence-corrected chi connectivity index (χ2v) is 7.31. The number of aliphatic hydroxyl groups excluding tert-OH is 1. The van der Waals surface area contributed by atoms with Gasteiger partial charge in [-0.25, -0.2) is 0 Å². The number of aromatic hydroxyl groups is 1. The largest absolute Gasteiger partial charge is 0.508 e. The van der Waals surface area contributed by atoms with E-state index in [4.69, 9.17) is 17.5 Å². The zero-order valence-electron chi connectivity index (χ0n) is 14.4. The van der Waals surface area contributed by atoms with Crippen molar-refractivity contribution in [3.05, 3.63) is 53.6 Å². The lowest BCUT2D eigenvalue weighted by atomic mass is 9.74. The topological polar surface area (TPSA) is 70.7 Å². The van der Waals surface area contributed by atoms with Gasteiger partial charge in [-0.2, -0.15) is 5.26 Å². The van der Waals surface area contributed by atoms with Crippen molar-refractivity contribution >= 4 is 28.7 Å². The van der Waals surface area contributed by atoms with E-state index in [0.717, 1.165) is 36.2 Å². The molecule has 26 heavy (non-hydrogen) atoms. The fourth-order valence-corrected chi connectivity index (χ4v) is 4.42. The minimum Gasteiger partial charge on any atom is -0.508 e. The van der Waals surface area contributed by atoms with Gasteiger partial charge in [-0.1, -0.05) is 0 Å². The molecule has 1 heterocycles. The van der Waals surface area contributed by atoms with Gasteiger partial charge in [-0.05, 0) is 86.4 Å². The number of aliphatic hydroxyl groups is 1. The van der Waals surface area contributed by atoms with Crippen molar-refractivity contribution in [2.75, 3.05) is 9.80 Å². The van der Waals surface area contributed by atoms with Crippen molar-refractivity contribution in [2.24, 2.45) is 0 Å². The fraction of sp³-hybridized carbons (Fsp3) is 0.300. The van der Waals surface area contributed by atoms with Gasteiger partial charge in [-0.3, -0.25) is 4.90 Å². The van der Waals surface area contributed by atoms with Crippen LogP contribution in [0.25, 0.3) is 0 Å². The molecule has 1 spiro atoms. The average molecular weight is 365 g/mol. The standard InChI is InChI=1S/C20H19N3O2S/c1-13-11-16(4-3-14(13)12-21)22-18(25)20(9-2-10-20)23(19(22)26)15-5-7-17(24)8-6-15/h3-8,11,18,24-25H,2,9-10H2,1H3. The Hall–Kier alpha value is -2.62. The van der Waals surface area contributed by atoms with Crippen molar-refractivity contribution in [2.45, 2.75) is 38.0 Å². The number of benzene rings is 2. The third kappa shape index (κ3) is 2.28. The van der Waals surface area contributed by atoms with Gasteiger partial charge in [0.1, 0.15) is 5.75 Å². The number of aryl methyl sites for hydroxylation is 1. The van der Waals surface area contributed by atoms with Crippen molar-refractivity contribution in [1.82, 2.24) is 0 Å². The summed E-state index contributed by atoms with van der Waals surface area (Å²) in [5.41, 5.74) is 2.66. The van der Waals surface area contributed by atoms with E-state index in [1.54, 1.807) is 23.1 Å². The van der Waals surface area contributed by atoms with E-state index in [9.17, 15) is 10.2 Å². The smallest absolute Gasteiger partial charge is 0.183 e. The molecule has 2 aliphatic rings. The summed E-state index contributed by atoms with van der Waals surface area (Å²) < 4.78 is 0. The van der Waals surface area contributed by atoms with Gasteiger partial charge >= 0.3 is 0 Å². The lowest BCUT2D eigenvalue weighted by Crippen LogP contribution is -2.57. The number of rotatable bonds is 2. The Morgan fingerprint density at radius 1 is 1.15 bits per heavy atom. The molecule has 2 aromatic rings. The van der Waals surface area contributed by atoms with E-state index in [1.165, 1.54) is 0 Å². The van der Waals surface area contributed by atoms with Crippen molar-refractivity contribution in [3.63, 3.8) is 0 Å². The van der Waals surface area contributed by atoms with E-state index in [1.807, 2.05) is 36.1 Å². The first-order valence-corrected chi connectivity index (χ1v) is 9.00. The van der Waals surface area contributed by atoms with Crippen LogP contribution < -0.4 is 9.80 Å². The van der Waals surface area contributed by atoms with Crippen LogP contribution in [0.2, 0.25) is 0 Å². The van der Waals surface area contributed by atoms with Crippen LogP contribution in [0, 0.1) is 18.3 Å². The predicted octanol–water partition coefficient (Wildman–Crippen LogP) is 3.42. The number of phenolic OH excluding ortho intramolecular Hbond substituents is 1. The van der Waals surface area contributed by atoms with Gasteiger partial charge in [0.2, 0.25) is 0 Å². The molecule has 0 bridgehead atoms. The minimum atomic E-state index is -0.759. The molecule has 6 heteroatoms. The van der Waals surface area contributed by atoms with Gasteiger partial charge in [-0.15, -0.1) is 0 Å². The van der Waals surface area contributed by atoms with E-state index < -0.39 is 11.8 Å². The molecule has 4 rings (SSSR count). The molecule has 0 aromatic heterocycles. The SMILES string of the molecule is Cc1cc(N2C(=S)N(c3ccc(O)cc3)C3(CCC3)C2O)ccc1C#N. The Bertz CT molecular complexity index is 916. The van der Waals surface area contributed by atoms with Gasteiger partial charge in [0, 0.05) is 11.4 Å². The molecule has 0 radical (unpaired) electrons. The number of phenols is 1. The minimum absolute atomic E-state index is 0.196. The Morgan fingerprint density at radius 2 is 1.81 bits per heavy atom. The first-order chi connectivity index (χ1) is 12.5. The van der Waals surface area contributed by atoms with Gasteiger partial charge in [0.15, 0.2) is 11.3 Å². The van der Waals surface area contributed by atoms with Gasteiger partial charge in [0.25, 0.3) is 0 Å². The van der Waals surface area contributed by atoms with Crippen molar-refractivity contribution < 1.29 is 10.2 Å². The van der Waals surface area contributed by atoms with E-state index in [-0.39, 0.29) is 5.75 Å². The highest BCUT2D eigenvalue weighted by Crippen LogP contribution is 2.50. The number of nitriles is 1. The Morgan fingerprint density at radius 3 is 2.35 bits per heavy atom. The number of anilines is 2. The van der Waals surface area contributed by atoms with Crippen LogP contribution in [0.3, 0.4) is 0 Å². The molecular weight excluding hydrogens is 346 g/mol. The molecular formula is C20H19N3O2S. The summed E-state index contributed by atoms with van der Waals surface area (Å²) in [6, 6.07) is 14.5. The highest BCUT2D eigenvalue weighted by molar-refractivity contribution is 7.80. The summed E-state index contributed by atoms with van der Waals surface area (Å²) in [6.45, 7) is 1.88. The lowest BCUT2D eigenvalue weighted by Gasteiger charge is -2.46. The number of hydrogen-bond donors (Lipinski definition) is 2. The fourth-order valence-electron chi connectivity index (χ4n) is 3.92. The quantitative estimate of drug-likeness (QED) is 0.795. The van der Waals surface area contributed by atoms with Gasteiger partial charge < -0.3 is 15.1 Å². The Labute approximate surface area is 157 Å². The zero-order chi connectivity index (χ0) is 18.5. The van der Waals surface area contributed by atoms with E-state index >= 15 is 0 Å². The summed E-state index contributed by atoms with van der Waals surface area (Å²) in [4.78, 5) is 3.79. The number of thiocarbonyl (C=S) groups is 1. The lowest BCUT2D eigenvalue weighted by molar-refractivity contribution is 0.0597. The highest BCUT2D eigenvalue weighted by Gasteiger charge is 2.59. The van der Waals surface area contributed by atoms with Crippen LogP contribution in [-0.2, 0) is 0 Å². The van der Waals surface area contributed by atoms with Crippen molar-refractivity contribution in [1.29, 1.82) is 5.26 Å². The third-order valence-electron chi connectivity index (χ3n) is 5.50. The monoisotopic (exact) mass is 365 g/mol. The maximum atomic E-state index is 11.2. The van der Waals surface area contributed by atoms with Crippen molar-refractivity contribution in [3.8, 4) is 11.8 Å². The van der Waals surface area contributed by atoms with Gasteiger partial charge in [0.05, 0.1) is 17.2 Å². The number of nitrogens with zero attached hydrogens (tertiary/aromatic N) is 3. The highest BCUT2D eigenvalue weighted by atomic mass is 32.1. The third-order valence-corrected chi connectivity index (χ3v) is 5.88. The zero-order valence-corrected chi connectivity index (χ0v) is 15.2. The number of hydrogen-bond acceptors (Lipinski definition) is 4. The Balaban J connectivity index is 1.78. The normalized spacial score (nSPS) is 21.0. The molecule has 1 saturated carbocycles.